The van der Waals surface area contributed by atoms with Gasteiger partial charge in [-0.1, -0.05) is 17.7 Å². The number of nitrogens with two attached hydrogens (primary N) is 1. The molecule has 0 saturated heterocycles. The lowest BCUT2D eigenvalue weighted by Gasteiger charge is -2.16. The van der Waals surface area contributed by atoms with Crippen molar-refractivity contribution in [3.8, 4) is 0 Å². The van der Waals surface area contributed by atoms with Crippen LogP contribution in [0.25, 0.3) is 0 Å². The van der Waals surface area contributed by atoms with Crippen molar-refractivity contribution in [2.24, 2.45) is 12.9 Å². The predicted octanol–water partition coefficient (Wildman–Crippen LogP) is 2.27. The van der Waals surface area contributed by atoms with Crippen LogP contribution in [0.15, 0.2) is 24.3 Å². The molecule has 1 aromatic heterocycles. The number of aromatic nitrogens is 2. The van der Waals surface area contributed by atoms with Crippen LogP contribution < -0.4 is 11.3 Å². The monoisotopic (exact) mass is 282 g/mol. The molecule has 0 aliphatic heterocycles. The predicted molar refractivity (Wildman–Crippen MR) is 73.1 cm³/mol. The van der Waals surface area contributed by atoms with Gasteiger partial charge in [0.25, 0.3) is 0 Å². The summed E-state index contributed by atoms with van der Waals surface area (Å²) in [5, 5.41) is 4.38. The molecule has 0 amide bonds. The third kappa shape index (κ3) is 3.12. The molecule has 0 saturated carbocycles. The van der Waals surface area contributed by atoms with Crippen LogP contribution in [0.2, 0.25) is 5.02 Å². The Hall–Kier alpha value is -1.43. The lowest BCUT2D eigenvalue weighted by Crippen LogP contribution is -2.30. The molecule has 3 N–H and O–H groups in total. The molecule has 19 heavy (non-hydrogen) atoms. The number of benzene rings is 1. The normalized spacial score (nSPS) is 12.7. The van der Waals surface area contributed by atoms with Crippen LogP contribution in [0.4, 0.5) is 4.39 Å². The highest BCUT2D eigenvalue weighted by molar-refractivity contribution is 6.30. The molecular weight excluding hydrogens is 267 g/mol. The minimum Gasteiger partial charge on any atom is -0.272 e. The Kier molecular flexibility index (Phi) is 4.19. The Morgan fingerprint density at radius 2 is 2.21 bits per heavy atom. The van der Waals surface area contributed by atoms with Gasteiger partial charge < -0.3 is 0 Å². The molecule has 1 atom stereocenters. The van der Waals surface area contributed by atoms with Gasteiger partial charge in [0.1, 0.15) is 5.82 Å². The van der Waals surface area contributed by atoms with Gasteiger partial charge >= 0.3 is 0 Å². The quantitative estimate of drug-likeness (QED) is 0.668. The summed E-state index contributed by atoms with van der Waals surface area (Å²) in [6, 6.07) is 6.48. The van der Waals surface area contributed by atoms with Crippen molar-refractivity contribution >= 4 is 11.6 Å². The van der Waals surface area contributed by atoms with Crippen molar-refractivity contribution in [3.05, 3.63) is 52.1 Å². The van der Waals surface area contributed by atoms with Crippen LogP contribution in [-0.4, -0.2) is 9.78 Å². The summed E-state index contributed by atoms with van der Waals surface area (Å²) >= 11 is 5.68. The number of hydrogen-bond donors (Lipinski definition) is 2. The number of hydrazine groups is 1. The molecule has 1 unspecified atom stereocenters. The molecule has 0 aliphatic carbocycles. The maximum atomic E-state index is 13.5. The van der Waals surface area contributed by atoms with Crippen molar-refractivity contribution in [2.75, 3.05) is 0 Å². The number of rotatable bonds is 4. The lowest BCUT2D eigenvalue weighted by molar-refractivity contribution is 0.525. The lowest BCUT2D eigenvalue weighted by atomic mass is 10.0. The van der Waals surface area contributed by atoms with E-state index >= 15 is 0 Å². The highest BCUT2D eigenvalue weighted by atomic mass is 35.5. The van der Waals surface area contributed by atoms with Crippen molar-refractivity contribution < 1.29 is 4.39 Å². The first-order valence-corrected chi connectivity index (χ1v) is 6.29. The molecule has 0 aliphatic rings. The number of nitrogens with one attached hydrogen (secondary N) is 1. The van der Waals surface area contributed by atoms with E-state index in [2.05, 4.69) is 10.5 Å². The van der Waals surface area contributed by atoms with Gasteiger partial charge in [0, 0.05) is 19.2 Å². The molecule has 0 spiro atoms. The van der Waals surface area contributed by atoms with E-state index < -0.39 is 5.82 Å². The first kappa shape index (κ1) is 14.0. The topological polar surface area (TPSA) is 55.9 Å². The van der Waals surface area contributed by atoms with Gasteiger partial charge in [-0.05, 0) is 30.7 Å². The summed E-state index contributed by atoms with van der Waals surface area (Å²) in [6.45, 7) is 1.93. The Morgan fingerprint density at radius 3 is 2.74 bits per heavy atom. The molecule has 2 rings (SSSR count). The minimum absolute atomic E-state index is 0.107. The summed E-state index contributed by atoms with van der Waals surface area (Å²) in [6.07, 6.45) is 0.620. The van der Waals surface area contributed by atoms with Gasteiger partial charge in [0.05, 0.1) is 16.8 Å². The first-order chi connectivity index (χ1) is 9.01. The highest BCUT2D eigenvalue weighted by Gasteiger charge is 2.15. The van der Waals surface area contributed by atoms with Crippen LogP contribution in [-0.2, 0) is 13.5 Å². The fourth-order valence-corrected chi connectivity index (χ4v) is 2.18. The van der Waals surface area contributed by atoms with E-state index in [9.17, 15) is 4.39 Å². The molecule has 0 radical (unpaired) electrons. The Balaban J connectivity index is 2.24. The summed E-state index contributed by atoms with van der Waals surface area (Å²) < 4.78 is 15.3. The van der Waals surface area contributed by atoms with Crippen molar-refractivity contribution in [3.63, 3.8) is 0 Å². The third-order valence-corrected chi connectivity index (χ3v) is 3.37. The fraction of sp³-hybridized carbons (Fsp3) is 0.308. The average Bonchev–Trinajstić information content (AvgIpc) is 2.68. The maximum Gasteiger partial charge on any atom is 0.142 e. The van der Waals surface area contributed by atoms with Gasteiger partial charge in [-0.3, -0.25) is 16.0 Å². The first-order valence-electron chi connectivity index (χ1n) is 5.92. The van der Waals surface area contributed by atoms with Gasteiger partial charge in [0.2, 0.25) is 0 Å². The fourth-order valence-electron chi connectivity index (χ4n) is 2.07. The van der Waals surface area contributed by atoms with E-state index in [0.717, 1.165) is 17.0 Å². The van der Waals surface area contributed by atoms with E-state index in [1.54, 1.807) is 10.7 Å². The SMILES string of the molecule is Cc1cc(CC(NN)c2ccc(Cl)c(F)c2)n(C)n1. The largest absolute Gasteiger partial charge is 0.272 e. The van der Waals surface area contributed by atoms with Crippen LogP contribution in [0.1, 0.15) is 23.0 Å². The van der Waals surface area contributed by atoms with E-state index in [4.69, 9.17) is 17.4 Å². The molecule has 0 bridgehead atoms. The molecule has 2 aromatic rings. The third-order valence-electron chi connectivity index (χ3n) is 3.06. The van der Waals surface area contributed by atoms with E-state index in [1.807, 2.05) is 20.0 Å². The van der Waals surface area contributed by atoms with Gasteiger partial charge in [-0.25, -0.2) is 4.39 Å². The Bertz CT molecular complexity index is 582. The van der Waals surface area contributed by atoms with Crippen LogP contribution in [0.3, 0.4) is 0 Å². The van der Waals surface area contributed by atoms with Crippen molar-refractivity contribution in [1.82, 2.24) is 15.2 Å². The second-order valence-corrected chi connectivity index (χ2v) is 4.90. The number of aryl methyl sites for hydroxylation is 2. The molecule has 1 aromatic carbocycles. The summed E-state index contributed by atoms with van der Waals surface area (Å²) in [4.78, 5) is 0. The second kappa shape index (κ2) is 5.69. The highest BCUT2D eigenvalue weighted by Crippen LogP contribution is 2.22. The zero-order chi connectivity index (χ0) is 14.0. The Labute approximate surface area is 116 Å². The number of halogens is 2. The number of nitrogens with zero attached hydrogens (tertiary/aromatic N) is 2. The second-order valence-electron chi connectivity index (χ2n) is 4.50. The molecule has 1 heterocycles. The zero-order valence-corrected chi connectivity index (χ0v) is 11.6. The van der Waals surface area contributed by atoms with E-state index in [0.29, 0.717) is 6.42 Å². The molecule has 0 fully saturated rings. The number of hydrogen-bond acceptors (Lipinski definition) is 3. The summed E-state index contributed by atoms with van der Waals surface area (Å²) in [7, 11) is 1.87. The van der Waals surface area contributed by atoms with Gasteiger partial charge in [0.15, 0.2) is 0 Å². The van der Waals surface area contributed by atoms with Crippen LogP contribution >= 0.6 is 11.6 Å². The van der Waals surface area contributed by atoms with Crippen LogP contribution in [0, 0.1) is 12.7 Å². The molecular formula is C13H16ClFN4. The van der Waals surface area contributed by atoms with Crippen molar-refractivity contribution in [1.29, 1.82) is 0 Å². The van der Waals surface area contributed by atoms with E-state index in [1.165, 1.54) is 12.1 Å². The van der Waals surface area contributed by atoms with Gasteiger partial charge in [-0.2, -0.15) is 5.10 Å². The standard InChI is InChI=1S/C13H16ClFN4/c1-8-5-10(19(2)18-8)7-13(17-16)9-3-4-11(14)12(15)6-9/h3-6,13,17H,7,16H2,1-2H3. The van der Waals surface area contributed by atoms with E-state index in [-0.39, 0.29) is 11.1 Å². The molecule has 102 valence electrons. The maximum absolute atomic E-state index is 13.5. The van der Waals surface area contributed by atoms with Gasteiger partial charge in [-0.15, -0.1) is 0 Å². The smallest absolute Gasteiger partial charge is 0.142 e. The average molecular weight is 283 g/mol. The molecule has 4 nitrogen and oxygen atoms in total. The summed E-state index contributed by atoms with van der Waals surface area (Å²) in [5.74, 6) is 5.12. The van der Waals surface area contributed by atoms with Crippen molar-refractivity contribution in [2.45, 2.75) is 19.4 Å². The minimum atomic E-state index is -0.444. The zero-order valence-electron chi connectivity index (χ0n) is 10.8. The van der Waals surface area contributed by atoms with Crippen LogP contribution in [0.5, 0.6) is 0 Å². The Morgan fingerprint density at radius 1 is 1.47 bits per heavy atom. The molecule has 6 heteroatoms. The summed E-state index contributed by atoms with van der Waals surface area (Å²) in [5.41, 5.74) is 5.42.